The first-order chi connectivity index (χ1) is 13.2. The average molecular weight is 373 g/mol. The maximum atomic E-state index is 13.1. The summed E-state index contributed by atoms with van der Waals surface area (Å²) in [6.45, 7) is 6.05. The summed E-state index contributed by atoms with van der Waals surface area (Å²) >= 11 is 0. The second-order valence-corrected chi connectivity index (χ2v) is 8.74. The number of benzene rings is 2. The number of carbonyl (C=O) groups is 2. The number of ether oxygens (including phenoxy) is 1. The summed E-state index contributed by atoms with van der Waals surface area (Å²) in [5.41, 5.74) is 1.01. The van der Waals surface area contributed by atoms with Gasteiger partial charge in [-0.25, -0.2) is 0 Å². The third kappa shape index (κ3) is 2.36. The third-order valence-corrected chi connectivity index (χ3v) is 7.51. The first-order valence-corrected chi connectivity index (χ1v) is 9.60. The van der Waals surface area contributed by atoms with Crippen LogP contribution in [0.3, 0.4) is 0 Å². The number of esters is 1. The van der Waals surface area contributed by atoms with Gasteiger partial charge >= 0.3 is 5.97 Å². The lowest BCUT2D eigenvalue weighted by molar-refractivity contribution is -0.151. The van der Waals surface area contributed by atoms with E-state index in [2.05, 4.69) is 6.07 Å². The Morgan fingerprint density at radius 1 is 0.964 bits per heavy atom. The monoisotopic (exact) mass is 373 g/mol. The number of ketones is 1. The van der Waals surface area contributed by atoms with Gasteiger partial charge in [0.25, 0.3) is 0 Å². The molecule has 0 amide bonds. The molecule has 0 spiro atoms. The van der Waals surface area contributed by atoms with Crippen LogP contribution in [0.5, 0.6) is 5.75 Å². The molecule has 0 unspecified atom stereocenters. The molecule has 4 heteroatoms. The molecule has 28 heavy (non-hydrogen) atoms. The van der Waals surface area contributed by atoms with Crippen LogP contribution < -0.4 is 4.74 Å². The molecule has 4 nitrogen and oxygen atoms in total. The van der Waals surface area contributed by atoms with E-state index in [0.717, 1.165) is 17.5 Å². The van der Waals surface area contributed by atoms with Gasteiger partial charge in [-0.05, 0) is 53.6 Å². The fraction of sp³-hybridized carbons (Fsp3) is 0.375. The predicted octanol–water partition coefficient (Wildman–Crippen LogP) is 4.92. The lowest BCUT2D eigenvalue weighted by Gasteiger charge is -2.37. The molecule has 2 atom stereocenters. The van der Waals surface area contributed by atoms with E-state index < -0.39 is 16.2 Å². The first-order valence-electron chi connectivity index (χ1n) is 9.60. The van der Waals surface area contributed by atoms with E-state index in [4.69, 9.17) is 10.00 Å². The Bertz CT molecular complexity index is 998. The summed E-state index contributed by atoms with van der Waals surface area (Å²) < 4.78 is 5.74. The highest BCUT2D eigenvalue weighted by molar-refractivity contribution is 5.98. The largest absolute Gasteiger partial charge is 0.426 e. The van der Waals surface area contributed by atoms with Gasteiger partial charge in [0.05, 0.1) is 17.0 Å². The Balaban J connectivity index is 1.54. The van der Waals surface area contributed by atoms with Gasteiger partial charge in [0.2, 0.25) is 0 Å². The third-order valence-electron chi connectivity index (χ3n) is 7.51. The molecule has 2 aromatic carbocycles. The van der Waals surface area contributed by atoms with Crippen LogP contribution in [-0.2, 0) is 9.59 Å². The molecule has 2 aliphatic carbocycles. The molecule has 2 fully saturated rings. The number of nitrogens with zero attached hydrogens (tertiary/aromatic N) is 1. The molecule has 2 aromatic rings. The molecule has 2 saturated carbocycles. The Hall–Kier alpha value is -2.93. The van der Waals surface area contributed by atoms with Gasteiger partial charge in [-0.1, -0.05) is 45.0 Å². The lowest BCUT2D eigenvalue weighted by Crippen LogP contribution is -2.42. The molecule has 2 bridgehead atoms. The minimum absolute atomic E-state index is 0.178. The van der Waals surface area contributed by atoms with Crippen LogP contribution in [0.2, 0.25) is 0 Å². The molecule has 0 radical (unpaired) electrons. The predicted molar refractivity (Wildman–Crippen MR) is 105 cm³/mol. The van der Waals surface area contributed by atoms with Crippen molar-refractivity contribution in [2.75, 3.05) is 0 Å². The van der Waals surface area contributed by atoms with E-state index in [1.165, 1.54) is 0 Å². The Morgan fingerprint density at radius 2 is 1.54 bits per heavy atom. The zero-order valence-corrected chi connectivity index (χ0v) is 16.4. The Labute approximate surface area is 165 Å². The Morgan fingerprint density at radius 3 is 2.00 bits per heavy atom. The molecule has 0 aromatic heterocycles. The number of hydrogen-bond acceptors (Lipinski definition) is 4. The summed E-state index contributed by atoms with van der Waals surface area (Å²) in [6, 6.07) is 16.8. The molecule has 0 N–H and O–H groups in total. The van der Waals surface area contributed by atoms with E-state index in [1.54, 1.807) is 24.3 Å². The molecule has 0 saturated heterocycles. The van der Waals surface area contributed by atoms with Crippen molar-refractivity contribution in [3.05, 3.63) is 54.1 Å². The second kappa shape index (κ2) is 6.04. The minimum Gasteiger partial charge on any atom is -0.426 e. The van der Waals surface area contributed by atoms with Crippen LogP contribution in [-0.4, -0.2) is 11.8 Å². The highest BCUT2D eigenvalue weighted by Crippen LogP contribution is 2.70. The van der Waals surface area contributed by atoms with Crippen LogP contribution in [0, 0.1) is 27.6 Å². The topological polar surface area (TPSA) is 67.2 Å². The molecule has 0 aliphatic heterocycles. The maximum Gasteiger partial charge on any atom is 0.318 e. The van der Waals surface area contributed by atoms with Crippen molar-refractivity contribution in [3.8, 4) is 22.9 Å². The van der Waals surface area contributed by atoms with Gasteiger partial charge in [0.15, 0.2) is 0 Å². The summed E-state index contributed by atoms with van der Waals surface area (Å²) in [5, 5.41) is 8.90. The second-order valence-electron chi connectivity index (χ2n) is 8.74. The Kier molecular flexibility index (Phi) is 3.97. The molecular formula is C24H23NO3. The van der Waals surface area contributed by atoms with Crippen molar-refractivity contribution in [3.63, 3.8) is 0 Å². The summed E-state index contributed by atoms with van der Waals surface area (Å²) in [4.78, 5) is 25.7. The highest BCUT2D eigenvalue weighted by atomic mass is 16.5. The van der Waals surface area contributed by atoms with Gasteiger partial charge in [0, 0.05) is 11.8 Å². The minimum atomic E-state index is -0.732. The van der Waals surface area contributed by atoms with Crippen LogP contribution in [0.15, 0.2) is 48.5 Å². The summed E-state index contributed by atoms with van der Waals surface area (Å²) in [5.74, 6) is 0.371. The maximum absolute atomic E-state index is 13.1. The number of nitriles is 1. The first kappa shape index (κ1) is 18.4. The van der Waals surface area contributed by atoms with E-state index in [0.29, 0.717) is 17.7 Å². The summed E-state index contributed by atoms with van der Waals surface area (Å²) in [6.07, 6.45) is 1.72. The van der Waals surface area contributed by atoms with Crippen LogP contribution in [0.25, 0.3) is 11.1 Å². The van der Waals surface area contributed by atoms with Gasteiger partial charge in [0.1, 0.15) is 11.5 Å². The summed E-state index contributed by atoms with van der Waals surface area (Å²) in [7, 11) is 0. The number of carbonyl (C=O) groups excluding carboxylic acids is 2. The SMILES string of the molecule is CC1(C)[C@]2(C(=O)Oc3ccc(-c4ccc(C#N)cc4)cc3)CC[C@]1(C)C(=O)C2. The van der Waals surface area contributed by atoms with Crippen LogP contribution >= 0.6 is 0 Å². The molecular weight excluding hydrogens is 350 g/mol. The standard InChI is InChI=1S/C24H23NO3/c1-22(2)23(3)12-13-24(22,14-20(23)26)21(27)28-19-10-8-18(9-11-19)17-6-4-16(15-25)5-7-17/h4-11H,12-14H2,1-3H3/t23-,24-/m1/s1. The highest BCUT2D eigenvalue weighted by Gasteiger charge is 2.73. The smallest absolute Gasteiger partial charge is 0.318 e. The fourth-order valence-corrected chi connectivity index (χ4v) is 4.97. The molecule has 2 aliphatic rings. The normalized spacial score (nSPS) is 27.4. The van der Waals surface area contributed by atoms with Crippen molar-refractivity contribution < 1.29 is 14.3 Å². The van der Waals surface area contributed by atoms with Crippen molar-refractivity contribution in [2.45, 2.75) is 40.0 Å². The van der Waals surface area contributed by atoms with E-state index >= 15 is 0 Å². The van der Waals surface area contributed by atoms with Crippen molar-refractivity contribution >= 4 is 11.8 Å². The number of fused-ring (bicyclic) bond motifs is 2. The molecule has 4 rings (SSSR count). The zero-order chi connectivity index (χ0) is 20.2. The van der Waals surface area contributed by atoms with Crippen molar-refractivity contribution in [1.82, 2.24) is 0 Å². The number of hydrogen-bond donors (Lipinski definition) is 0. The lowest BCUT2D eigenvalue weighted by atomic mass is 9.65. The quantitative estimate of drug-likeness (QED) is 0.566. The van der Waals surface area contributed by atoms with Gasteiger partial charge in [-0.15, -0.1) is 0 Å². The molecule has 142 valence electrons. The van der Waals surface area contributed by atoms with Crippen molar-refractivity contribution in [2.24, 2.45) is 16.2 Å². The molecule has 0 heterocycles. The van der Waals surface area contributed by atoms with E-state index in [1.807, 2.05) is 45.0 Å². The number of Topliss-reactive ketones (excluding diaryl/α,β-unsaturated/α-hetero) is 1. The van der Waals surface area contributed by atoms with E-state index in [9.17, 15) is 9.59 Å². The average Bonchev–Trinajstić information content (AvgIpc) is 2.99. The van der Waals surface area contributed by atoms with Crippen LogP contribution in [0.4, 0.5) is 0 Å². The van der Waals surface area contributed by atoms with Crippen LogP contribution in [0.1, 0.15) is 45.6 Å². The van der Waals surface area contributed by atoms with Gasteiger partial charge < -0.3 is 4.74 Å². The van der Waals surface area contributed by atoms with Gasteiger partial charge in [-0.3, -0.25) is 9.59 Å². The zero-order valence-electron chi connectivity index (χ0n) is 16.4. The van der Waals surface area contributed by atoms with Crippen molar-refractivity contribution in [1.29, 1.82) is 5.26 Å². The van der Waals surface area contributed by atoms with Gasteiger partial charge in [-0.2, -0.15) is 5.26 Å². The fourth-order valence-electron chi connectivity index (χ4n) is 4.97. The number of rotatable bonds is 3. The van der Waals surface area contributed by atoms with E-state index in [-0.39, 0.29) is 18.2 Å².